The van der Waals surface area contributed by atoms with Gasteiger partial charge in [0.1, 0.15) is 6.07 Å². The van der Waals surface area contributed by atoms with E-state index in [1.165, 1.54) is 0 Å². The van der Waals surface area contributed by atoms with Gasteiger partial charge in [-0.25, -0.2) is 8.42 Å². The van der Waals surface area contributed by atoms with Crippen LogP contribution in [0.3, 0.4) is 0 Å². The third-order valence-corrected chi connectivity index (χ3v) is 5.04. The third kappa shape index (κ3) is 3.02. The molecule has 0 radical (unpaired) electrons. The first-order valence-electron chi connectivity index (χ1n) is 5.95. The monoisotopic (exact) mass is 264 g/mol. The summed E-state index contributed by atoms with van der Waals surface area (Å²) in [4.78, 5) is 0. The van der Waals surface area contributed by atoms with Crippen molar-refractivity contribution in [1.29, 1.82) is 5.26 Å². The maximum absolute atomic E-state index is 11.3. The average molecular weight is 264 g/mol. The third-order valence-electron chi connectivity index (χ3n) is 3.20. The van der Waals surface area contributed by atoms with Crippen molar-refractivity contribution in [2.45, 2.75) is 13.3 Å². The number of sulfone groups is 1. The van der Waals surface area contributed by atoms with Crippen LogP contribution in [0.25, 0.3) is 0 Å². The number of hydrogen-bond donors (Lipinski definition) is 1. The number of nitriles is 1. The molecule has 0 aromatic heterocycles. The topological polar surface area (TPSA) is 70.0 Å². The second kappa shape index (κ2) is 4.99. The van der Waals surface area contributed by atoms with Crippen LogP contribution in [0.4, 0.5) is 5.69 Å². The fraction of sp³-hybridized carbons (Fsp3) is 0.462. The van der Waals surface area contributed by atoms with Crippen molar-refractivity contribution in [2.75, 3.05) is 23.4 Å². The highest BCUT2D eigenvalue weighted by Gasteiger charge is 2.27. The normalized spacial score (nSPS) is 21.4. The molecule has 18 heavy (non-hydrogen) atoms. The molecule has 1 aromatic carbocycles. The van der Waals surface area contributed by atoms with E-state index in [0.717, 1.165) is 11.3 Å². The molecule has 0 bridgehead atoms. The van der Waals surface area contributed by atoms with Gasteiger partial charge in [-0.1, -0.05) is 6.07 Å². The van der Waals surface area contributed by atoms with Gasteiger partial charge >= 0.3 is 0 Å². The lowest BCUT2D eigenvalue weighted by atomic mass is 10.1. The first-order valence-corrected chi connectivity index (χ1v) is 7.77. The Morgan fingerprint density at radius 3 is 2.89 bits per heavy atom. The average Bonchev–Trinajstić information content (AvgIpc) is 2.67. The predicted octanol–water partition coefficient (Wildman–Crippen LogP) is 1.71. The summed E-state index contributed by atoms with van der Waals surface area (Å²) in [6.45, 7) is 2.55. The molecule has 1 fully saturated rings. The van der Waals surface area contributed by atoms with Crippen molar-refractivity contribution in [3.8, 4) is 6.07 Å². The summed E-state index contributed by atoms with van der Waals surface area (Å²) in [6, 6.07) is 7.79. The smallest absolute Gasteiger partial charge is 0.150 e. The number of hydrogen-bond acceptors (Lipinski definition) is 4. The summed E-state index contributed by atoms with van der Waals surface area (Å²) in [5.74, 6) is 0.703. The zero-order valence-corrected chi connectivity index (χ0v) is 11.1. The summed E-state index contributed by atoms with van der Waals surface area (Å²) in [5.41, 5.74) is 2.43. The Bertz CT molecular complexity index is 587. The molecule has 0 aliphatic carbocycles. The summed E-state index contributed by atoms with van der Waals surface area (Å²) in [5, 5.41) is 12.2. The minimum atomic E-state index is -2.83. The largest absolute Gasteiger partial charge is 0.384 e. The van der Waals surface area contributed by atoms with Crippen LogP contribution in [0, 0.1) is 24.2 Å². The Morgan fingerprint density at radius 1 is 1.50 bits per heavy atom. The molecule has 2 rings (SSSR count). The fourth-order valence-corrected chi connectivity index (χ4v) is 4.05. The summed E-state index contributed by atoms with van der Waals surface area (Å²) in [7, 11) is -2.83. The minimum absolute atomic E-state index is 0.155. The van der Waals surface area contributed by atoms with Gasteiger partial charge in [0.15, 0.2) is 9.84 Å². The van der Waals surface area contributed by atoms with Gasteiger partial charge in [-0.2, -0.15) is 5.26 Å². The van der Waals surface area contributed by atoms with E-state index in [2.05, 4.69) is 11.4 Å². The van der Waals surface area contributed by atoms with Gasteiger partial charge in [0.2, 0.25) is 0 Å². The van der Waals surface area contributed by atoms with Crippen LogP contribution in [0.2, 0.25) is 0 Å². The van der Waals surface area contributed by atoms with Crippen LogP contribution in [-0.2, 0) is 9.84 Å². The fourth-order valence-electron chi connectivity index (χ4n) is 2.19. The molecule has 1 atom stereocenters. The molecule has 1 aliphatic heterocycles. The molecule has 0 amide bonds. The van der Waals surface area contributed by atoms with Gasteiger partial charge in [0.25, 0.3) is 0 Å². The molecule has 1 heterocycles. The molecule has 1 unspecified atom stereocenters. The Morgan fingerprint density at radius 2 is 2.28 bits per heavy atom. The van der Waals surface area contributed by atoms with Crippen LogP contribution in [-0.4, -0.2) is 26.5 Å². The van der Waals surface area contributed by atoms with E-state index in [1.807, 2.05) is 25.1 Å². The van der Waals surface area contributed by atoms with Gasteiger partial charge in [0.05, 0.1) is 22.8 Å². The highest BCUT2D eigenvalue weighted by Crippen LogP contribution is 2.21. The molecule has 5 heteroatoms. The van der Waals surface area contributed by atoms with Gasteiger partial charge in [0, 0.05) is 6.54 Å². The number of nitrogens with zero attached hydrogens (tertiary/aromatic N) is 1. The summed E-state index contributed by atoms with van der Waals surface area (Å²) >= 11 is 0. The minimum Gasteiger partial charge on any atom is -0.384 e. The van der Waals surface area contributed by atoms with Crippen molar-refractivity contribution in [3.63, 3.8) is 0 Å². The van der Waals surface area contributed by atoms with E-state index in [-0.39, 0.29) is 11.7 Å². The molecular formula is C13H16N2O2S. The van der Waals surface area contributed by atoms with Crippen molar-refractivity contribution < 1.29 is 8.42 Å². The lowest BCUT2D eigenvalue weighted by Crippen LogP contribution is -2.16. The van der Waals surface area contributed by atoms with Crippen molar-refractivity contribution in [1.82, 2.24) is 0 Å². The lowest BCUT2D eigenvalue weighted by Gasteiger charge is -2.12. The van der Waals surface area contributed by atoms with Crippen LogP contribution in [0.1, 0.15) is 17.5 Å². The van der Waals surface area contributed by atoms with Gasteiger partial charge in [-0.3, -0.25) is 0 Å². The maximum atomic E-state index is 11.3. The number of rotatable bonds is 3. The van der Waals surface area contributed by atoms with Crippen LogP contribution in [0.15, 0.2) is 18.2 Å². The van der Waals surface area contributed by atoms with Crippen molar-refractivity contribution in [3.05, 3.63) is 29.3 Å². The van der Waals surface area contributed by atoms with E-state index in [1.54, 1.807) is 0 Å². The molecule has 4 nitrogen and oxygen atoms in total. The lowest BCUT2D eigenvalue weighted by molar-refractivity contribution is 0.596. The number of anilines is 1. The van der Waals surface area contributed by atoms with Gasteiger partial charge < -0.3 is 5.32 Å². The van der Waals surface area contributed by atoms with E-state index in [4.69, 9.17) is 5.26 Å². The Labute approximate surface area is 108 Å². The molecule has 96 valence electrons. The SMILES string of the molecule is Cc1ccc(NCC2CCS(=O)(=O)C2)c(C#N)c1. The highest BCUT2D eigenvalue weighted by molar-refractivity contribution is 7.91. The van der Waals surface area contributed by atoms with E-state index >= 15 is 0 Å². The Balaban J connectivity index is 2.01. The van der Waals surface area contributed by atoms with Gasteiger partial charge in [-0.05, 0) is 37.0 Å². The second-order valence-electron chi connectivity index (χ2n) is 4.81. The second-order valence-corrected chi connectivity index (χ2v) is 7.04. The number of benzene rings is 1. The van der Waals surface area contributed by atoms with Crippen LogP contribution in [0.5, 0.6) is 0 Å². The molecular weight excluding hydrogens is 248 g/mol. The van der Waals surface area contributed by atoms with Crippen molar-refractivity contribution in [2.24, 2.45) is 5.92 Å². The first kappa shape index (κ1) is 12.9. The van der Waals surface area contributed by atoms with E-state index in [0.29, 0.717) is 24.3 Å². The zero-order valence-electron chi connectivity index (χ0n) is 10.3. The maximum Gasteiger partial charge on any atom is 0.150 e. The number of nitrogens with one attached hydrogen (secondary N) is 1. The molecule has 1 N–H and O–H groups in total. The summed E-state index contributed by atoms with van der Waals surface area (Å²) < 4.78 is 22.7. The first-order chi connectivity index (χ1) is 8.50. The van der Waals surface area contributed by atoms with E-state index in [9.17, 15) is 8.42 Å². The quantitative estimate of drug-likeness (QED) is 0.902. The molecule has 1 aliphatic rings. The molecule has 1 aromatic rings. The van der Waals surface area contributed by atoms with E-state index < -0.39 is 9.84 Å². The number of aryl methyl sites for hydroxylation is 1. The van der Waals surface area contributed by atoms with Crippen molar-refractivity contribution >= 4 is 15.5 Å². The Kier molecular flexibility index (Phi) is 3.58. The van der Waals surface area contributed by atoms with Crippen LogP contribution >= 0.6 is 0 Å². The molecule has 0 spiro atoms. The standard InChI is InChI=1S/C13H16N2O2S/c1-10-2-3-13(12(6-10)7-14)15-8-11-4-5-18(16,17)9-11/h2-3,6,11,15H,4-5,8-9H2,1H3. The molecule has 0 saturated carbocycles. The zero-order chi connectivity index (χ0) is 13.2. The predicted molar refractivity (Wildman–Crippen MR) is 71.1 cm³/mol. The summed E-state index contributed by atoms with van der Waals surface area (Å²) in [6.07, 6.45) is 0.711. The Hall–Kier alpha value is -1.54. The molecule has 1 saturated heterocycles. The highest BCUT2D eigenvalue weighted by atomic mass is 32.2. The van der Waals surface area contributed by atoms with Crippen LogP contribution < -0.4 is 5.32 Å². The van der Waals surface area contributed by atoms with Gasteiger partial charge in [-0.15, -0.1) is 0 Å².